The topological polar surface area (TPSA) is 66.0 Å². The summed E-state index contributed by atoms with van der Waals surface area (Å²) in [6.45, 7) is 6.14. The van der Waals surface area contributed by atoms with Gasteiger partial charge in [0.15, 0.2) is 0 Å². The second-order valence-corrected chi connectivity index (χ2v) is 10.4. The van der Waals surface area contributed by atoms with E-state index in [-0.39, 0.29) is 11.8 Å². The fourth-order valence-electron chi connectivity index (χ4n) is 4.26. The first kappa shape index (κ1) is 19.2. The summed E-state index contributed by atoms with van der Waals surface area (Å²) >= 11 is 3.45. The monoisotopic (exact) mass is 426 g/mol. The van der Waals surface area contributed by atoms with Crippen molar-refractivity contribution in [3.63, 3.8) is 0 Å². The third-order valence-corrected chi connectivity index (χ3v) is 8.00. The number of amides is 1. The zero-order valence-electron chi connectivity index (χ0n) is 16.7. The van der Waals surface area contributed by atoms with E-state index in [4.69, 9.17) is 4.98 Å². The van der Waals surface area contributed by atoms with Gasteiger partial charge in [-0.15, -0.1) is 22.7 Å². The smallest absolute Gasteiger partial charge is 0.228 e. The molecule has 2 aromatic heterocycles. The molecule has 152 valence electrons. The van der Waals surface area contributed by atoms with Crippen LogP contribution < -0.4 is 16.0 Å². The number of anilines is 1. The zero-order valence-corrected chi connectivity index (χ0v) is 18.4. The fourth-order valence-corrected chi connectivity index (χ4v) is 6.59. The van der Waals surface area contributed by atoms with Crippen LogP contribution in [0.25, 0.3) is 20.8 Å². The van der Waals surface area contributed by atoms with E-state index in [1.165, 1.54) is 15.1 Å². The van der Waals surface area contributed by atoms with Gasteiger partial charge >= 0.3 is 0 Å². The van der Waals surface area contributed by atoms with Gasteiger partial charge in [0.1, 0.15) is 10.0 Å². The van der Waals surface area contributed by atoms with Crippen molar-refractivity contribution in [3.8, 4) is 10.6 Å². The van der Waals surface area contributed by atoms with Crippen LogP contribution in [-0.2, 0) is 17.8 Å². The van der Waals surface area contributed by atoms with Gasteiger partial charge in [-0.25, -0.2) is 4.98 Å². The van der Waals surface area contributed by atoms with E-state index in [1.807, 2.05) is 6.07 Å². The quantitative estimate of drug-likeness (QED) is 0.566. The van der Waals surface area contributed by atoms with E-state index in [2.05, 4.69) is 48.0 Å². The number of carbonyl (C=O) groups excluding carboxylic acids is 1. The highest BCUT2D eigenvalue weighted by atomic mass is 32.1. The molecule has 1 aliphatic heterocycles. The van der Waals surface area contributed by atoms with Gasteiger partial charge in [-0.3, -0.25) is 4.79 Å². The van der Waals surface area contributed by atoms with Gasteiger partial charge in [0.05, 0.1) is 15.8 Å². The maximum Gasteiger partial charge on any atom is 0.228 e. The van der Waals surface area contributed by atoms with E-state index in [0.717, 1.165) is 53.4 Å². The Balaban J connectivity index is 1.43. The Bertz CT molecular complexity index is 1020. The number of fused-ring (bicyclic) bond motifs is 2. The molecule has 5 nitrogen and oxygen atoms in total. The third kappa shape index (κ3) is 3.72. The SMILES string of the molecule is CC(C)NC1CC(C(=O)Nc2sc3c(c2-c2nc4ccccc4s2)CNCC3)C1. The summed E-state index contributed by atoms with van der Waals surface area (Å²) in [6.07, 6.45) is 2.86. The number of benzene rings is 1. The zero-order chi connectivity index (χ0) is 20.0. The number of hydrogen-bond acceptors (Lipinski definition) is 6. The fraction of sp³-hybridized carbons (Fsp3) is 0.455. The molecule has 5 rings (SSSR count). The third-order valence-electron chi connectivity index (χ3n) is 5.74. The molecular weight excluding hydrogens is 400 g/mol. The minimum absolute atomic E-state index is 0.103. The second kappa shape index (κ2) is 7.80. The molecule has 29 heavy (non-hydrogen) atoms. The Morgan fingerprint density at radius 1 is 1.24 bits per heavy atom. The molecule has 7 heteroatoms. The lowest BCUT2D eigenvalue weighted by molar-refractivity contribution is -0.123. The van der Waals surface area contributed by atoms with Crippen LogP contribution in [0.15, 0.2) is 24.3 Å². The van der Waals surface area contributed by atoms with Crippen LogP contribution in [0.1, 0.15) is 37.1 Å². The average Bonchev–Trinajstić information content (AvgIpc) is 3.24. The Morgan fingerprint density at radius 2 is 2.07 bits per heavy atom. The Labute approximate surface area is 178 Å². The van der Waals surface area contributed by atoms with Crippen molar-refractivity contribution >= 4 is 43.8 Å². The predicted molar refractivity (Wildman–Crippen MR) is 122 cm³/mol. The van der Waals surface area contributed by atoms with Crippen molar-refractivity contribution < 1.29 is 4.79 Å². The van der Waals surface area contributed by atoms with Crippen molar-refractivity contribution in [2.45, 2.75) is 51.7 Å². The molecule has 3 N–H and O–H groups in total. The molecule has 1 aromatic carbocycles. The van der Waals surface area contributed by atoms with Crippen LogP contribution in [0.3, 0.4) is 0 Å². The van der Waals surface area contributed by atoms with E-state index in [1.54, 1.807) is 22.7 Å². The van der Waals surface area contributed by atoms with Crippen molar-refractivity contribution in [2.24, 2.45) is 5.92 Å². The molecule has 1 aliphatic carbocycles. The van der Waals surface area contributed by atoms with Crippen molar-refractivity contribution in [1.82, 2.24) is 15.6 Å². The lowest BCUT2D eigenvalue weighted by atomic mass is 9.79. The molecule has 0 saturated heterocycles. The Hall–Kier alpha value is -1.80. The van der Waals surface area contributed by atoms with Crippen LogP contribution in [0.2, 0.25) is 0 Å². The number of thiazole rings is 1. The summed E-state index contributed by atoms with van der Waals surface area (Å²) in [5.74, 6) is 0.257. The van der Waals surface area contributed by atoms with Gasteiger partial charge in [0.25, 0.3) is 0 Å². The molecule has 2 aliphatic rings. The van der Waals surface area contributed by atoms with Gasteiger partial charge < -0.3 is 16.0 Å². The molecule has 0 atom stereocenters. The van der Waals surface area contributed by atoms with Crippen LogP contribution >= 0.6 is 22.7 Å². The first-order valence-electron chi connectivity index (χ1n) is 10.4. The first-order valence-corrected chi connectivity index (χ1v) is 12.0. The van der Waals surface area contributed by atoms with Gasteiger partial charge in [-0.05, 0) is 37.0 Å². The molecule has 0 unspecified atom stereocenters. The summed E-state index contributed by atoms with van der Waals surface area (Å²) in [4.78, 5) is 19.2. The van der Waals surface area contributed by atoms with Crippen molar-refractivity contribution in [2.75, 3.05) is 11.9 Å². The van der Waals surface area contributed by atoms with E-state index in [9.17, 15) is 4.79 Å². The Kier molecular flexibility index (Phi) is 5.16. The number of thiophene rings is 1. The lowest BCUT2D eigenvalue weighted by Crippen LogP contribution is -2.48. The molecule has 1 amide bonds. The highest BCUT2D eigenvalue weighted by Crippen LogP contribution is 2.45. The molecule has 0 spiro atoms. The number of carbonyl (C=O) groups is 1. The van der Waals surface area contributed by atoms with Gasteiger partial charge in [0.2, 0.25) is 5.91 Å². The minimum Gasteiger partial charge on any atom is -0.317 e. The molecule has 0 radical (unpaired) electrons. The first-order chi connectivity index (χ1) is 14.1. The molecule has 3 aromatic rings. The molecule has 0 bridgehead atoms. The standard InChI is InChI=1S/C22H26N4OS2/c1-12(2)24-14-9-13(10-14)20(27)26-22-19(15-11-23-8-7-17(15)28-22)21-25-16-5-3-4-6-18(16)29-21/h3-6,12-14,23-24H,7-11H2,1-2H3,(H,26,27). The molecule has 1 fully saturated rings. The van der Waals surface area contributed by atoms with E-state index in [0.29, 0.717) is 12.1 Å². The lowest BCUT2D eigenvalue weighted by Gasteiger charge is -2.36. The molecule has 3 heterocycles. The normalized spacial score (nSPS) is 21.2. The number of hydrogen-bond donors (Lipinski definition) is 3. The summed E-state index contributed by atoms with van der Waals surface area (Å²) in [5.41, 5.74) is 3.46. The average molecular weight is 427 g/mol. The second-order valence-electron chi connectivity index (χ2n) is 8.30. The van der Waals surface area contributed by atoms with Crippen molar-refractivity contribution in [3.05, 3.63) is 34.7 Å². The van der Waals surface area contributed by atoms with Crippen LogP contribution in [0, 0.1) is 5.92 Å². The summed E-state index contributed by atoms with van der Waals surface area (Å²) < 4.78 is 1.19. The molecular formula is C22H26N4OS2. The van der Waals surface area contributed by atoms with E-state index >= 15 is 0 Å². The highest BCUT2D eigenvalue weighted by molar-refractivity contribution is 7.22. The van der Waals surface area contributed by atoms with Crippen molar-refractivity contribution in [1.29, 1.82) is 0 Å². The maximum atomic E-state index is 12.9. The van der Waals surface area contributed by atoms with Crippen LogP contribution in [0.5, 0.6) is 0 Å². The molecule has 1 saturated carbocycles. The number of rotatable bonds is 5. The van der Waals surface area contributed by atoms with Crippen LogP contribution in [-0.4, -0.2) is 29.5 Å². The number of para-hydroxylation sites is 1. The number of aromatic nitrogens is 1. The largest absolute Gasteiger partial charge is 0.317 e. The highest BCUT2D eigenvalue weighted by Gasteiger charge is 2.35. The van der Waals surface area contributed by atoms with Gasteiger partial charge in [-0.1, -0.05) is 26.0 Å². The van der Waals surface area contributed by atoms with E-state index < -0.39 is 0 Å². The minimum atomic E-state index is 0.103. The summed E-state index contributed by atoms with van der Waals surface area (Å²) in [5, 5.41) is 12.3. The summed E-state index contributed by atoms with van der Waals surface area (Å²) in [6, 6.07) is 9.18. The van der Waals surface area contributed by atoms with Gasteiger partial charge in [-0.2, -0.15) is 0 Å². The van der Waals surface area contributed by atoms with Crippen LogP contribution in [0.4, 0.5) is 5.00 Å². The number of nitrogens with one attached hydrogen (secondary N) is 3. The van der Waals surface area contributed by atoms with Gasteiger partial charge in [0, 0.05) is 36.0 Å². The predicted octanol–water partition coefficient (Wildman–Crippen LogP) is 4.39. The Morgan fingerprint density at radius 3 is 2.86 bits per heavy atom. The number of nitrogens with zero attached hydrogens (tertiary/aromatic N) is 1. The maximum absolute atomic E-state index is 12.9. The summed E-state index contributed by atoms with van der Waals surface area (Å²) in [7, 11) is 0.